The van der Waals surface area contributed by atoms with Gasteiger partial charge in [0.25, 0.3) is 0 Å². The lowest BCUT2D eigenvalue weighted by Crippen LogP contribution is -2.20. The van der Waals surface area contributed by atoms with E-state index in [2.05, 4.69) is 13.8 Å². The number of benzene rings is 2. The molecule has 0 aliphatic rings. The molecule has 2 atom stereocenters. The second-order valence-electron chi connectivity index (χ2n) is 8.57. The molecule has 0 fully saturated rings. The van der Waals surface area contributed by atoms with Crippen LogP contribution in [0.4, 0.5) is 0 Å². The monoisotopic (exact) mass is 414 g/mol. The van der Waals surface area contributed by atoms with Gasteiger partial charge in [0.2, 0.25) is 0 Å². The van der Waals surface area contributed by atoms with Crippen LogP contribution in [0.25, 0.3) is 0 Å². The molecule has 0 saturated heterocycles. The number of rotatable bonds is 13. The maximum atomic E-state index is 9.93. The molecule has 0 aromatic heterocycles. The molecule has 30 heavy (non-hydrogen) atoms. The second kappa shape index (κ2) is 12.4. The number of unbranched alkanes of at least 4 members (excludes halogenated alkanes) is 4. The minimum atomic E-state index is -0.0838. The van der Waals surface area contributed by atoms with Gasteiger partial charge >= 0.3 is 0 Å². The molecule has 0 heterocycles. The summed E-state index contributed by atoms with van der Waals surface area (Å²) in [4.78, 5) is 0. The summed E-state index contributed by atoms with van der Waals surface area (Å²) >= 11 is 0. The lowest BCUT2D eigenvalue weighted by molar-refractivity contribution is 0.275. The van der Waals surface area contributed by atoms with Crippen molar-refractivity contribution >= 4 is 0 Å². The van der Waals surface area contributed by atoms with Gasteiger partial charge in [-0.1, -0.05) is 64.5 Å². The largest absolute Gasteiger partial charge is 0.504 e. The van der Waals surface area contributed by atoms with Crippen LogP contribution in [0.1, 0.15) is 76.3 Å². The van der Waals surface area contributed by atoms with Gasteiger partial charge in [0.05, 0.1) is 0 Å². The summed E-state index contributed by atoms with van der Waals surface area (Å²) < 4.78 is 0. The highest BCUT2D eigenvalue weighted by molar-refractivity contribution is 5.41. The van der Waals surface area contributed by atoms with Crippen molar-refractivity contribution in [3.05, 3.63) is 47.5 Å². The molecule has 0 aliphatic carbocycles. The Morgan fingerprint density at radius 2 is 1.03 bits per heavy atom. The Balaban J connectivity index is 2.22. The number of phenolic OH excluding ortho intramolecular Hbond substituents is 4. The summed E-state index contributed by atoms with van der Waals surface area (Å²) in [5, 5.41) is 39.1. The van der Waals surface area contributed by atoms with Crippen molar-refractivity contribution in [3.8, 4) is 23.0 Å². The molecular formula is C26H38O4. The fraction of sp³-hybridized carbons (Fsp3) is 0.538. The molecule has 0 unspecified atom stereocenters. The molecular weight excluding hydrogens is 376 g/mol. The molecule has 0 saturated carbocycles. The van der Waals surface area contributed by atoms with Crippen molar-refractivity contribution in [1.29, 1.82) is 0 Å². The maximum absolute atomic E-state index is 9.93. The van der Waals surface area contributed by atoms with Gasteiger partial charge in [-0.2, -0.15) is 0 Å². The summed E-state index contributed by atoms with van der Waals surface area (Å²) in [7, 11) is 0. The number of hydrogen-bond donors (Lipinski definition) is 4. The molecule has 2 aromatic rings. The van der Waals surface area contributed by atoms with Crippen LogP contribution >= 0.6 is 0 Å². The van der Waals surface area contributed by atoms with E-state index in [1.165, 1.54) is 25.7 Å². The molecule has 0 spiro atoms. The number of hydrogen-bond acceptors (Lipinski definition) is 4. The fourth-order valence-electron chi connectivity index (χ4n) is 4.31. The lowest BCUT2D eigenvalue weighted by atomic mass is 9.77. The minimum absolute atomic E-state index is 0.0641. The summed E-state index contributed by atoms with van der Waals surface area (Å²) in [6, 6.07) is 10.3. The van der Waals surface area contributed by atoms with E-state index in [1.54, 1.807) is 24.3 Å². The van der Waals surface area contributed by atoms with Crippen molar-refractivity contribution < 1.29 is 20.4 Å². The first-order valence-corrected chi connectivity index (χ1v) is 11.5. The first-order valence-electron chi connectivity index (χ1n) is 11.5. The molecule has 166 valence electrons. The van der Waals surface area contributed by atoms with E-state index in [1.807, 2.05) is 12.1 Å². The lowest BCUT2D eigenvalue weighted by Gasteiger charge is -2.28. The maximum Gasteiger partial charge on any atom is 0.157 e. The third-order valence-electron chi connectivity index (χ3n) is 6.10. The predicted molar refractivity (Wildman–Crippen MR) is 122 cm³/mol. The molecule has 0 aliphatic heterocycles. The van der Waals surface area contributed by atoms with E-state index in [-0.39, 0.29) is 23.0 Å². The highest BCUT2D eigenvalue weighted by atomic mass is 16.3. The topological polar surface area (TPSA) is 80.9 Å². The van der Waals surface area contributed by atoms with Crippen LogP contribution in [0, 0.1) is 11.8 Å². The first-order chi connectivity index (χ1) is 14.4. The standard InChI is InChI=1S/C26H38O4/c1-3-5-7-8-10-22(16-20-12-14-24(28)26(30)18-20)21(9-6-4-2)15-19-11-13-23(27)25(29)17-19/h11-14,17-18,21-22,27-30H,3-10,15-16H2,1-2H3/t21-,22-/m1/s1. The third-order valence-corrected chi connectivity index (χ3v) is 6.10. The molecule has 0 radical (unpaired) electrons. The van der Waals surface area contributed by atoms with Gasteiger partial charge in [-0.05, 0) is 72.9 Å². The molecule has 2 rings (SSSR count). The van der Waals surface area contributed by atoms with Crippen molar-refractivity contribution in [1.82, 2.24) is 0 Å². The fourth-order valence-corrected chi connectivity index (χ4v) is 4.31. The Bertz CT molecular complexity index is 772. The molecule has 2 aromatic carbocycles. The van der Waals surface area contributed by atoms with Crippen LogP contribution in [-0.4, -0.2) is 20.4 Å². The van der Waals surface area contributed by atoms with Gasteiger partial charge in [-0.25, -0.2) is 0 Å². The number of phenols is 4. The van der Waals surface area contributed by atoms with Gasteiger partial charge in [0.15, 0.2) is 23.0 Å². The van der Waals surface area contributed by atoms with Crippen LogP contribution in [0.2, 0.25) is 0 Å². The van der Waals surface area contributed by atoms with E-state index in [9.17, 15) is 20.4 Å². The van der Waals surface area contributed by atoms with Gasteiger partial charge < -0.3 is 20.4 Å². The highest BCUT2D eigenvalue weighted by Crippen LogP contribution is 2.34. The zero-order valence-electron chi connectivity index (χ0n) is 18.5. The first kappa shape index (κ1) is 23.9. The van der Waals surface area contributed by atoms with Crippen LogP contribution in [0.3, 0.4) is 0 Å². The average molecular weight is 415 g/mol. The van der Waals surface area contributed by atoms with Crippen LogP contribution in [0.5, 0.6) is 23.0 Å². The van der Waals surface area contributed by atoms with Gasteiger partial charge in [-0.15, -0.1) is 0 Å². The Morgan fingerprint density at radius 1 is 0.567 bits per heavy atom. The smallest absolute Gasteiger partial charge is 0.157 e. The highest BCUT2D eigenvalue weighted by Gasteiger charge is 2.23. The zero-order valence-corrected chi connectivity index (χ0v) is 18.5. The van der Waals surface area contributed by atoms with Crippen molar-refractivity contribution in [3.63, 3.8) is 0 Å². The molecule has 0 amide bonds. The van der Waals surface area contributed by atoms with Crippen LogP contribution in [0.15, 0.2) is 36.4 Å². The normalized spacial score (nSPS) is 13.3. The van der Waals surface area contributed by atoms with E-state index < -0.39 is 0 Å². The van der Waals surface area contributed by atoms with Gasteiger partial charge in [0.1, 0.15) is 0 Å². The van der Waals surface area contributed by atoms with Crippen LogP contribution in [-0.2, 0) is 12.8 Å². The summed E-state index contributed by atoms with van der Waals surface area (Å²) in [6.07, 6.45) is 11.1. The summed E-state index contributed by atoms with van der Waals surface area (Å²) in [6.45, 7) is 4.43. The molecule has 4 nitrogen and oxygen atoms in total. The molecule has 0 bridgehead atoms. The van der Waals surface area contributed by atoms with E-state index in [0.717, 1.165) is 49.7 Å². The number of aromatic hydroxyl groups is 4. The van der Waals surface area contributed by atoms with E-state index >= 15 is 0 Å². The zero-order chi connectivity index (χ0) is 21.9. The van der Waals surface area contributed by atoms with Crippen molar-refractivity contribution in [2.75, 3.05) is 0 Å². The predicted octanol–water partition coefficient (Wildman–Crippen LogP) is 6.69. The molecule has 4 heteroatoms. The quantitative estimate of drug-likeness (QED) is 0.217. The Labute approximate surface area is 181 Å². The van der Waals surface area contributed by atoms with Gasteiger partial charge in [0, 0.05) is 0 Å². The Kier molecular flexibility index (Phi) is 9.85. The summed E-state index contributed by atoms with van der Waals surface area (Å²) in [5.41, 5.74) is 2.08. The van der Waals surface area contributed by atoms with Gasteiger partial charge in [-0.3, -0.25) is 0 Å². The average Bonchev–Trinajstić information content (AvgIpc) is 2.73. The Hall–Kier alpha value is -2.36. The second-order valence-corrected chi connectivity index (χ2v) is 8.57. The summed E-state index contributed by atoms with van der Waals surface area (Å²) in [5.74, 6) is 0.607. The Morgan fingerprint density at radius 3 is 1.47 bits per heavy atom. The van der Waals surface area contributed by atoms with Crippen LogP contribution < -0.4 is 0 Å². The van der Waals surface area contributed by atoms with Crippen molar-refractivity contribution in [2.24, 2.45) is 11.8 Å². The van der Waals surface area contributed by atoms with E-state index in [0.29, 0.717) is 11.8 Å². The molecule has 4 N–H and O–H groups in total. The van der Waals surface area contributed by atoms with Crippen molar-refractivity contribution in [2.45, 2.75) is 78.1 Å². The SMILES string of the molecule is CCCCCC[C@H](Cc1ccc(O)c(O)c1)[C@H](CCCC)Cc1ccc(O)c(O)c1. The third kappa shape index (κ3) is 7.47. The van der Waals surface area contributed by atoms with E-state index in [4.69, 9.17) is 0 Å². The minimum Gasteiger partial charge on any atom is -0.504 e.